The van der Waals surface area contributed by atoms with Crippen LogP contribution in [0.4, 0.5) is 49.9 Å². The Balaban J connectivity index is 0.000000159. The Bertz CT molecular complexity index is 4940. The lowest BCUT2D eigenvalue weighted by Gasteiger charge is -2.29. The Morgan fingerprint density at radius 2 is 0.748 bits per heavy atom. The van der Waals surface area contributed by atoms with Crippen LogP contribution in [0.1, 0.15) is 119 Å². The van der Waals surface area contributed by atoms with Gasteiger partial charge in [0.15, 0.2) is 0 Å². The van der Waals surface area contributed by atoms with E-state index in [1.165, 1.54) is 43.9 Å². The van der Waals surface area contributed by atoms with Crippen LogP contribution in [0.5, 0.6) is 5.75 Å². The second-order valence-corrected chi connectivity index (χ2v) is 28.2. The Kier molecular flexibility index (Phi) is 27.6. The number of benzene rings is 12. The van der Waals surface area contributed by atoms with E-state index in [0.29, 0.717) is 40.4 Å². The SMILES string of the molecule is COC(=O)c1cc(N(C)CCCc2ccc(F)cc2)ccc1N(C)C(=O)C(c1ccccc1)c1ccccc1.COC(=O)c1cc(N2CCCCc3ccccc32)ccc1N(C)C(=O)C(c1ccccc1)c1ccccc1.COC(=O)c1cc(N2CCCOc3ccccc32)ccc1N(C)C(=O)C(c1ccccc1)c1ccccc1. The zero-order valence-corrected chi connectivity index (χ0v) is 65.9. The molecule has 0 N–H and O–H groups in total. The van der Waals surface area contributed by atoms with E-state index in [9.17, 15) is 33.2 Å². The summed E-state index contributed by atoms with van der Waals surface area (Å²) in [6.07, 6.45) is 5.70. The number of para-hydroxylation sites is 3. The van der Waals surface area contributed by atoms with Crippen LogP contribution < -0.4 is 34.1 Å². The molecule has 115 heavy (non-hydrogen) atoms. The maximum Gasteiger partial charge on any atom is 0.340 e. The molecule has 14 rings (SSSR count). The molecule has 12 aromatic rings. The summed E-state index contributed by atoms with van der Waals surface area (Å²) in [5.41, 5.74) is 14.8. The van der Waals surface area contributed by atoms with E-state index in [1.54, 1.807) is 61.3 Å². The van der Waals surface area contributed by atoms with Crippen LogP contribution in [0.3, 0.4) is 0 Å². The number of amides is 3. The number of aryl methyl sites for hydroxylation is 2. The van der Waals surface area contributed by atoms with Crippen molar-refractivity contribution in [2.45, 2.75) is 56.3 Å². The van der Waals surface area contributed by atoms with Gasteiger partial charge in [-0.1, -0.05) is 224 Å². The van der Waals surface area contributed by atoms with Crippen molar-refractivity contribution in [1.29, 1.82) is 0 Å². The van der Waals surface area contributed by atoms with Gasteiger partial charge in [-0.05, 0) is 168 Å². The summed E-state index contributed by atoms with van der Waals surface area (Å²) in [5.74, 6) is -2.92. The van der Waals surface area contributed by atoms with Gasteiger partial charge in [0.2, 0.25) is 17.7 Å². The molecule has 3 amide bonds. The van der Waals surface area contributed by atoms with E-state index in [2.05, 4.69) is 32.9 Å². The number of hydrogen-bond acceptors (Lipinski definition) is 13. The van der Waals surface area contributed by atoms with Crippen molar-refractivity contribution in [2.24, 2.45) is 0 Å². The van der Waals surface area contributed by atoms with Crippen molar-refractivity contribution < 1.29 is 52.1 Å². The number of fused-ring (bicyclic) bond motifs is 2. The van der Waals surface area contributed by atoms with Crippen molar-refractivity contribution in [2.75, 3.05) is 105 Å². The molecule has 584 valence electrons. The molecule has 0 saturated carbocycles. The molecule has 0 radical (unpaired) electrons. The number of nitrogens with zero attached hydrogens (tertiary/aromatic N) is 6. The predicted octanol–water partition coefficient (Wildman–Crippen LogP) is 19.4. The van der Waals surface area contributed by atoms with Crippen molar-refractivity contribution in [3.05, 3.63) is 376 Å². The molecule has 16 nitrogen and oxygen atoms in total. The number of rotatable bonds is 22. The van der Waals surface area contributed by atoms with E-state index < -0.39 is 35.7 Å². The number of methoxy groups -OCH3 is 3. The summed E-state index contributed by atoms with van der Waals surface area (Å²) >= 11 is 0. The van der Waals surface area contributed by atoms with Crippen molar-refractivity contribution in [3.8, 4) is 5.75 Å². The van der Waals surface area contributed by atoms with E-state index >= 15 is 0 Å². The topological polar surface area (TPSA) is 159 Å². The number of halogens is 1. The second-order valence-electron chi connectivity index (χ2n) is 28.2. The summed E-state index contributed by atoms with van der Waals surface area (Å²) in [6, 6.07) is 97.7. The molecule has 0 saturated heterocycles. The fourth-order valence-electron chi connectivity index (χ4n) is 14.9. The zero-order chi connectivity index (χ0) is 80.7. The highest BCUT2D eigenvalue weighted by molar-refractivity contribution is 6.09. The zero-order valence-electron chi connectivity index (χ0n) is 65.9. The van der Waals surface area contributed by atoms with Crippen LogP contribution in [0.15, 0.2) is 309 Å². The molecule has 0 bridgehead atoms. The largest absolute Gasteiger partial charge is 0.491 e. The lowest BCUT2D eigenvalue weighted by Crippen LogP contribution is -2.33. The lowest BCUT2D eigenvalue weighted by molar-refractivity contribution is -0.119. The van der Waals surface area contributed by atoms with Crippen LogP contribution in [-0.2, 0) is 41.4 Å². The number of carbonyl (C=O) groups is 6. The third-order valence-electron chi connectivity index (χ3n) is 21.0. The highest BCUT2D eigenvalue weighted by atomic mass is 19.1. The predicted molar refractivity (Wildman–Crippen MR) is 456 cm³/mol. The van der Waals surface area contributed by atoms with E-state index in [1.807, 2.05) is 256 Å². The molecular weight excluding hydrogens is 1440 g/mol. The maximum atomic E-state index is 14.1. The summed E-state index contributed by atoms with van der Waals surface area (Å²) in [5, 5.41) is 0. The number of carbonyl (C=O) groups excluding carboxylic acids is 6. The molecule has 2 heterocycles. The monoisotopic (exact) mass is 1530 g/mol. The fraction of sp³-hybridized carbons (Fsp3) is 0.204. The van der Waals surface area contributed by atoms with Gasteiger partial charge in [0.25, 0.3) is 0 Å². The van der Waals surface area contributed by atoms with Crippen molar-refractivity contribution in [3.63, 3.8) is 0 Å². The first-order valence-electron chi connectivity index (χ1n) is 38.7. The van der Waals surface area contributed by atoms with Crippen LogP contribution in [0.25, 0.3) is 0 Å². The summed E-state index contributed by atoms with van der Waals surface area (Å²) < 4.78 is 34.5. The van der Waals surface area contributed by atoms with Gasteiger partial charge < -0.3 is 48.3 Å². The van der Waals surface area contributed by atoms with E-state index in [-0.39, 0.29) is 23.5 Å². The number of likely N-dealkylation sites (N-methyl/N-ethyl adjacent to an activating group) is 3. The third kappa shape index (κ3) is 19.6. The Labute approximate surface area is 673 Å². The number of ether oxygens (including phenoxy) is 4. The first-order valence-corrected chi connectivity index (χ1v) is 38.7. The van der Waals surface area contributed by atoms with Gasteiger partial charge in [-0.2, -0.15) is 0 Å². The summed E-state index contributed by atoms with van der Waals surface area (Å²) in [7, 11) is 11.1. The first-order chi connectivity index (χ1) is 56.0. The minimum absolute atomic E-state index is 0.125. The van der Waals surface area contributed by atoms with Gasteiger partial charge >= 0.3 is 17.9 Å². The van der Waals surface area contributed by atoms with Gasteiger partial charge in [-0.25, -0.2) is 18.8 Å². The van der Waals surface area contributed by atoms with Crippen LogP contribution in [0.2, 0.25) is 0 Å². The van der Waals surface area contributed by atoms with Gasteiger partial charge in [0.05, 0.1) is 85.1 Å². The molecule has 0 aromatic heterocycles. The van der Waals surface area contributed by atoms with Crippen LogP contribution in [0, 0.1) is 5.82 Å². The molecule has 12 aromatic carbocycles. The van der Waals surface area contributed by atoms with Gasteiger partial charge in [0.1, 0.15) is 11.6 Å². The van der Waals surface area contributed by atoms with Crippen molar-refractivity contribution >= 4 is 81.1 Å². The highest BCUT2D eigenvalue weighted by Gasteiger charge is 2.34. The molecule has 0 spiro atoms. The summed E-state index contributed by atoms with van der Waals surface area (Å²) in [6.45, 7) is 2.94. The van der Waals surface area contributed by atoms with Gasteiger partial charge in [-0.15, -0.1) is 0 Å². The first kappa shape index (κ1) is 81.1. The molecule has 2 aliphatic rings. The van der Waals surface area contributed by atoms with Gasteiger partial charge in [-0.3, -0.25) is 14.4 Å². The summed E-state index contributed by atoms with van der Waals surface area (Å²) in [4.78, 5) is 92.1. The molecule has 2 aliphatic heterocycles. The molecule has 0 unspecified atom stereocenters. The van der Waals surface area contributed by atoms with Crippen LogP contribution in [-0.4, -0.2) is 111 Å². The third-order valence-corrected chi connectivity index (χ3v) is 21.0. The standard InChI is InChI=1S/C33H33FN2O3.C33H32N2O3.C32H30N2O4/c1-35(22-10-11-24-16-18-27(34)19-17-24)28-20-21-30(29(23-28)33(38)39-3)36(2)32(37)31(25-12-6-4-7-13-25)26-14-8-5-9-15-26;1-34(32(36)31(25-15-5-3-6-16-25)26-17-7-4-8-18-26)30-21-20-27(23-28(30)33(37)38-2)35-22-12-11-14-24-13-9-10-19-29(24)35;1-33(31(35)30(23-12-5-3-6-13-23)24-14-7-4-8-15-24)27-19-18-25(22-26(27)32(36)37-2)34-20-11-21-38-29-17-10-9-16-28(29)34/h4-9,12-21,23,31H,10-11,22H2,1-3H3;3-10,13,15-21,23,31H,11-12,14,22H2,1-2H3;3-10,12-19,22,30H,11,20-21H2,1-2H3. The minimum Gasteiger partial charge on any atom is -0.491 e. The Hall–Kier alpha value is -13.4. The lowest BCUT2D eigenvalue weighted by atomic mass is 9.90. The van der Waals surface area contributed by atoms with Gasteiger partial charge in [0, 0.05) is 70.6 Å². The van der Waals surface area contributed by atoms with Crippen molar-refractivity contribution in [1.82, 2.24) is 0 Å². The molecule has 0 fully saturated rings. The minimum atomic E-state index is -0.531. The smallest absolute Gasteiger partial charge is 0.340 e. The average Bonchev–Trinajstić information content (AvgIpc) is 1.01. The maximum absolute atomic E-state index is 14.1. The number of anilines is 8. The Morgan fingerprint density at radius 1 is 0.391 bits per heavy atom. The fourth-order valence-corrected chi connectivity index (χ4v) is 14.9. The van der Waals surface area contributed by atoms with Crippen LogP contribution >= 0.6 is 0 Å². The molecule has 0 aliphatic carbocycles. The average molecular weight is 1540 g/mol. The quantitative estimate of drug-likeness (QED) is 0.0466. The molecule has 0 atom stereocenters. The normalized spacial score (nSPS) is 12.2. The van der Waals surface area contributed by atoms with E-state index in [4.69, 9.17) is 18.9 Å². The molecular formula is C98H95FN6O10. The highest BCUT2D eigenvalue weighted by Crippen LogP contribution is 2.41. The molecule has 17 heteroatoms. The second kappa shape index (κ2) is 39.2. The Morgan fingerprint density at radius 3 is 1.17 bits per heavy atom. The number of esters is 3. The number of hydrogen-bond donors (Lipinski definition) is 0. The van der Waals surface area contributed by atoms with E-state index in [0.717, 1.165) is 131 Å².